The maximum absolute atomic E-state index is 11.9. The third kappa shape index (κ3) is 2.52. The molecule has 18 heavy (non-hydrogen) atoms. The van der Waals surface area contributed by atoms with Gasteiger partial charge in [0.1, 0.15) is 10.7 Å². The van der Waals surface area contributed by atoms with E-state index in [2.05, 4.69) is 4.40 Å². The molecule has 0 aromatic heterocycles. The van der Waals surface area contributed by atoms with Gasteiger partial charge < -0.3 is 4.90 Å². The third-order valence-corrected chi connectivity index (χ3v) is 4.38. The number of alkyl halides is 1. The summed E-state index contributed by atoms with van der Waals surface area (Å²) < 4.78 is 27.6. The highest BCUT2D eigenvalue weighted by Crippen LogP contribution is 2.27. The molecule has 98 valence electrons. The van der Waals surface area contributed by atoms with Crippen molar-refractivity contribution in [2.24, 2.45) is 4.40 Å². The normalized spacial score (nSPS) is 18.1. The highest BCUT2D eigenvalue weighted by molar-refractivity contribution is 7.90. The molecule has 0 N–H and O–H groups in total. The van der Waals surface area contributed by atoms with E-state index in [-0.39, 0.29) is 10.3 Å². The lowest BCUT2D eigenvalue weighted by Gasteiger charge is -2.19. The van der Waals surface area contributed by atoms with E-state index >= 15 is 0 Å². The Morgan fingerprint density at radius 1 is 1.39 bits per heavy atom. The summed E-state index contributed by atoms with van der Waals surface area (Å²) in [6.45, 7) is 2.59. The second-order valence-corrected chi connectivity index (χ2v) is 6.69. The highest BCUT2D eigenvalue weighted by Gasteiger charge is 2.30. The summed E-state index contributed by atoms with van der Waals surface area (Å²) in [6, 6.07) is 6.88. The van der Waals surface area contributed by atoms with Crippen LogP contribution in [0, 0.1) is 0 Å². The first-order valence-corrected chi connectivity index (χ1v) is 7.59. The first-order chi connectivity index (χ1) is 8.42. The fourth-order valence-corrected chi connectivity index (χ4v) is 3.19. The molecule has 4 nitrogen and oxygen atoms in total. The molecule has 0 aliphatic carbocycles. The Morgan fingerprint density at radius 2 is 2.06 bits per heavy atom. The number of sulfonamides is 1. The predicted molar refractivity (Wildman–Crippen MR) is 72.7 cm³/mol. The molecule has 1 aliphatic rings. The number of benzene rings is 1. The molecule has 0 spiro atoms. The fourth-order valence-electron chi connectivity index (χ4n) is 1.84. The Morgan fingerprint density at radius 3 is 2.72 bits per heavy atom. The van der Waals surface area contributed by atoms with Crippen LogP contribution < -0.4 is 0 Å². The minimum atomic E-state index is -3.53. The van der Waals surface area contributed by atoms with Gasteiger partial charge in [-0.2, -0.15) is 8.42 Å². The van der Waals surface area contributed by atoms with Crippen LogP contribution in [-0.2, 0) is 10.0 Å². The maximum atomic E-state index is 11.9. The van der Waals surface area contributed by atoms with E-state index in [4.69, 9.17) is 11.6 Å². The van der Waals surface area contributed by atoms with E-state index < -0.39 is 10.0 Å². The Hall–Kier alpha value is -1.07. The summed E-state index contributed by atoms with van der Waals surface area (Å²) in [5, 5.41) is 0.0568. The zero-order valence-corrected chi connectivity index (χ0v) is 11.9. The van der Waals surface area contributed by atoms with Crippen molar-refractivity contribution in [2.45, 2.75) is 23.6 Å². The van der Waals surface area contributed by atoms with Crippen molar-refractivity contribution in [2.75, 3.05) is 13.6 Å². The summed E-state index contributed by atoms with van der Waals surface area (Å²) in [4.78, 5) is 2.12. The van der Waals surface area contributed by atoms with Gasteiger partial charge in [0.05, 0.1) is 0 Å². The maximum Gasteiger partial charge on any atom is 0.285 e. The summed E-state index contributed by atoms with van der Waals surface area (Å²) in [5.41, 5.74) is 0.669. The molecule has 1 unspecified atom stereocenters. The van der Waals surface area contributed by atoms with E-state index in [0.29, 0.717) is 17.9 Å². The van der Waals surface area contributed by atoms with Crippen molar-refractivity contribution in [1.82, 2.24) is 4.90 Å². The highest BCUT2D eigenvalue weighted by atomic mass is 35.5. The molecule has 1 heterocycles. The largest absolute Gasteiger partial charge is 0.358 e. The van der Waals surface area contributed by atoms with Crippen LogP contribution >= 0.6 is 11.6 Å². The van der Waals surface area contributed by atoms with Gasteiger partial charge in [0, 0.05) is 24.5 Å². The van der Waals surface area contributed by atoms with E-state index in [0.717, 1.165) is 6.42 Å². The second-order valence-electron chi connectivity index (χ2n) is 4.38. The molecule has 1 aromatic carbocycles. The van der Waals surface area contributed by atoms with Crippen LogP contribution in [0.3, 0.4) is 0 Å². The van der Waals surface area contributed by atoms with Gasteiger partial charge in [-0.05, 0) is 25.5 Å². The lowest BCUT2D eigenvalue weighted by molar-refractivity contribution is 0.488. The van der Waals surface area contributed by atoms with Crippen molar-refractivity contribution in [3.8, 4) is 0 Å². The minimum Gasteiger partial charge on any atom is -0.358 e. The second kappa shape index (κ2) is 4.90. The summed E-state index contributed by atoms with van der Waals surface area (Å²) >= 11 is 5.90. The standard InChI is InChI=1S/C12H15ClN2O2S/c1-9(13)7-8-15(2)12-10-5-3-4-6-11(10)18(16,17)14-12/h3-6,9H,7-8H2,1-2H3. The molecule has 2 rings (SSSR count). The Labute approximate surface area is 112 Å². The number of hydrogen-bond acceptors (Lipinski definition) is 3. The van der Waals surface area contributed by atoms with Gasteiger partial charge in [0.15, 0.2) is 0 Å². The van der Waals surface area contributed by atoms with Crippen LogP contribution in [-0.4, -0.2) is 38.1 Å². The molecule has 1 atom stereocenters. The molecule has 1 aliphatic heterocycles. The minimum absolute atomic E-state index is 0.0568. The van der Waals surface area contributed by atoms with Gasteiger partial charge in [0.25, 0.3) is 10.0 Å². The summed E-state index contributed by atoms with van der Waals surface area (Å²) in [6.07, 6.45) is 0.777. The molecule has 0 saturated carbocycles. The number of nitrogens with zero attached hydrogens (tertiary/aromatic N) is 2. The number of halogens is 1. The Bertz CT molecular complexity index is 581. The van der Waals surface area contributed by atoms with Gasteiger partial charge in [0.2, 0.25) is 0 Å². The molecule has 0 saturated heterocycles. The quantitative estimate of drug-likeness (QED) is 0.800. The third-order valence-electron chi connectivity index (χ3n) is 2.84. The predicted octanol–water partition coefficient (Wildman–Crippen LogP) is 2.08. The molecule has 6 heteroatoms. The van der Waals surface area contributed by atoms with E-state index in [9.17, 15) is 8.42 Å². The lowest BCUT2D eigenvalue weighted by atomic mass is 10.2. The average molecular weight is 287 g/mol. The zero-order valence-electron chi connectivity index (χ0n) is 10.3. The van der Waals surface area contributed by atoms with Crippen molar-refractivity contribution < 1.29 is 8.42 Å². The van der Waals surface area contributed by atoms with Crippen molar-refractivity contribution in [3.63, 3.8) is 0 Å². The molecular formula is C12H15ClN2O2S. The molecule has 0 radical (unpaired) electrons. The number of rotatable bonds is 3. The van der Waals surface area contributed by atoms with Crippen molar-refractivity contribution in [3.05, 3.63) is 29.8 Å². The van der Waals surface area contributed by atoms with Gasteiger partial charge >= 0.3 is 0 Å². The first-order valence-electron chi connectivity index (χ1n) is 5.71. The average Bonchev–Trinajstić information content (AvgIpc) is 2.59. The molecule has 0 bridgehead atoms. The number of amidine groups is 1. The van der Waals surface area contributed by atoms with Crippen LogP contribution in [0.4, 0.5) is 0 Å². The van der Waals surface area contributed by atoms with Crippen molar-refractivity contribution >= 4 is 27.5 Å². The van der Waals surface area contributed by atoms with E-state index in [1.807, 2.05) is 24.9 Å². The number of hydrogen-bond donors (Lipinski definition) is 0. The van der Waals surface area contributed by atoms with Gasteiger partial charge in [-0.3, -0.25) is 0 Å². The van der Waals surface area contributed by atoms with E-state index in [1.54, 1.807) is 18.2 Å². The lowest BCUT2D eigenvalue weighted by Crippen LogP contribution is -2.28. The first kappa shape index (κ1) is 13.4. The van der Waals surface area contributed by atoms with Gasteiger partial charge in [-0.1, -0.05) is 12.1 Å². The Kier molecular flexibility index (Phi) is 3.64. The molecule has 0 fully saturated rings. The van der Waals surface area contributed by atoms with E-state index in [1.165, 1.54) is 0 Å². The SMILES string of the molecule is CC(Cl)CCN(C)C1=NS(=O)(=O)c2ccccc21. The molecular weight excluding hydrogens is 272 g/mol. The fraction of sp³-hybridized carbons (Fsp3) is 0.417. The Balaban J connectivity index is 2.30. The molecule has 1 aromatic rings. The van der Waals surface area contributed by atoms with Crippen LogP contribution in [0.2, 0.25) is 0 Å². The smallest absolute Gasteiger partial charge is 0.285 e. The monoisotopic (exact) mass is 286 g/mol. The van der Waals surface area contributed by atoms with Crippen LogP contribution in [0.5, 0.6) is 0 Å². The summed E-state index contributed by atoms with van der Waals surface area (Å²) in [5.74, 6) is 0.503. The zero-order chi connectivity index (χ0) is 13.3. The molecule has 0 amide bonds. The van der Waals surface area contributed by atoms with Crippen LogP contribution in [0.1, 0.15) is 18.9 Å². The van der Waals surface area contributed by atoms with Crippen molar-refractivity contribution in [1.29, 1.82) is 0 Å². The topological polar surface area (TPSA) is 49.7 Å². The van der Waals surface area contributed by atoms with Crippen LogP contribution in [0.25, 0.3) is 0 Å². The van der Waals surface area contributed by atoms with Crippen LogP contribution in [0.15, 0.2) is 33.6 Å². The van der Waals surface area contributed by atoms with Gasteiger partial charge in [-0.15, -0.1) is 16.0 Å². The number of fused-ring (bicyclic) bond motifs is 1. The summed E-state index contributed by atoms with van der Waals surface area (Å²) in [7, 11) is -1.70. The van der Waals surface area contributed by atoms with Gasteiger partial charge in [-0.25, -0.2) is 0 Å².